The number of carbonyl (C=O) groups is 1. The molecule has 1 aliphatic rings. The third kappa shape index (κ3) is 3.08. The van der Waals surface area contributed by atoms with Gasteiger partial charge in [0, 0.05) is 30.4 Å². The molecule has 0 aliphatic carbocycles. The standard InChI is InChI=1S/C16H21N7O/c1-9-13(10-4-5-12(17)20-7-10)15(22-16(19)21-9)23-6-2-3-11(8-23)14(18)24/h4-5,7,11H,2-3,6,8H2,1H3,(H2,17,20)(H2,18,24)(H2,19,21,22). The Kier molecular flexibility index (Phi) is 4.20. The van der Waals surface area contributed by atoms with Gasteiger partial charge in [-0.15, -0.1) is 0 Å². The fourth-order valence-electron chi connectivity index (χ4n) is 3.10. The summed E-state index contributed by atoms with van der Waals surface area (Å²) < 4.78 is 0. The number of primary amides is 1. The van der Waals surface area contributed by atoms with Gasteiger partial charge in [0.25, 0.3) is 0 Å². The minimum Gasteiger partial charge on any atom is -0.384 e. The highest BCUT2D eigenvalue weighted by atomic mass is 16.1. The molecule has 2 aromatic heterocycles. The number of rotatable bonds is 3. The maximum Gasteiger partial charge on any atom is 0.222 e. The minimum absolute atomic E-state index is 0.187. The molecule has 1 fully saturated rings. The molecule has 0 radical (unpaired) electrons. The van der Waals surface area contributed by atoms with Crippen LogP contribution in [0.1, 0.15) is 18.5 Å². The van der Waals surface area contributed by atoms with Crippen LogP contribution in [-0.2, 0) is 4.79 Å². The number of nitrogen functional groups attached to an aromatic ring is 2. The number of anilines is 3. The first kappa shape index (κ1) is 16.0. The Balaban J connectivity index is 2.06. The van der Waals surface area contributed by atoms with Gasteiger partial charge in [-0.2, -0.15) is 4.98 Å². The summed E-state index contributed by atoms with van der Waals surface area (Å²) in [5, 5.41) is 0. The molecule has 126 valence electrons. The maximum atomic E-state index is 11.6. The number of amides is 1. The van der Waals surface area contributed by atoms with Crippen LogP contribution in [0.2, 0.25) is 0 Å². The third-order valence-electron chi connectivity index (χ3n) is 4.29. The summed E-state index contributed by atoms with van der Waals surface area (Å²) in [6.07, 6.45) is 3.36. The number of nitrogens with zero attached hydrogens (tertiary/aromatic N) is 4. The second-order valence-corrected chi connectivity index (χ2v) is 6.03. The van der Waals surface area contributed by atoms with Crippen LogP contribution >= 0.6 is 0 Å². The van der Waals surface area contributed by atoms with Crippen molar-refractivity contribution in [3.05, 3.63) is 24.0 Å². The quantitative estimate of drug-likeness (QED) is 0.755. The molecule has 8 heteroatoms. The minimum atomic E-state index is -0.283. The van der Waals surface area contributed by atoms with Gasteiger partial charge in [0.2, 0.25) is 11.9 Å². The van der Waals surface area contributed by atoms with E-state index in [1.165, 1.54) is 0 Å². The average Bonchev–Trinajstić information content (AvgIpc) is 2.55. The van der Waals surface area contributed by atoms with E-state index in [0.717, 1.165) is 36.2 Å². The van der Waals surface area contributed by atoms with Crippen molar-refractivity contribution < 1.29 is 4.79 Å². The van der Waals surface area contributed by atoms with Crippen molar-refractivity contribution in [2.75, 3.05) is 29.5 Å². The van der Waals surface area contributed by atoms with Crippen LogP contribution in [0.15, 0.2) is 18.3 Å². The fraction of sp³-hybridized carbons (Fsp3) is 0.375. The van der Waals surface area contributed by atoms with Gasteiger partial charge in [-0.1, -0.05) is 0 Å². The molecule has 1 saturated heterocycles. The van der Waals surface area contributed by atoms with Crippen LogP contribution in [0.25, 0.3) is 11.1 Å². The lowest BCUT2D eigenvalue weighted by Gasteiger charge is -2.33. The summed E-state index contributed by atoms with van der Waals surface area (Å²) in [5.74, 6) is 0.885. The molecule has 24 heavy (non-hydrogen) atoms. The zero-order chi connectivity index (χ0) is 17.3. The molecule has 0 aromatic carbocycles. The van der Waals surface area contributed by atoms with Gasteiger partial charge in [0.1, 0.15) is 11.6 Å². The van der Waals surface area contributed by atoms with Crippen molar-refractivity contribution in [1.82, 2.24) is 15.0 Å². The SMILES string of the molecule is Cc1nc(N)nc(N2CCCC(C(N)=O)C2)c1-c1ccc(N)nc1. The monoisotopic (exact) mass is 327 g/mol. The molecule has 0 spiro atoms. The van der Waals surface area contributed by atoms with Gasteiger partial charge in [0.15, 0.2) is 0 Å². The highest BCUT2D eigenvalue weighted by Crippen LogP contribution is 2.34. The van der Waals surface area contributed by atoms with E-state index in [9.17, 15) is 4.79 Å². The Morgan fingerprint density at radius 2 is 2.08 bits per heavy atom. The summed E-state index contributed by atoms with van der Waals surface area (Å²) in [7, 11) is 0. The highest BCUT2D eigenvalue weighted by molar-refractivity contribution is 5.81. The lowest BCUT2D eigenvalue weighted by Crippen LogP contribution is -2.42. The number of carbonyl (C=O) groups excluding carboxylic acids is 1. The van der Waals surface area contributed by atoms with Crippen molar-refractivity contribution >= 4 is 23.5 Å². The molecule has 0 bridgehead atoms. The zero-order valence-electron chi connectivity index (χ0n) is 13.6. The first-order chi connectivity index (χ1) is 11.5. The van der Waals surface area contributed by atoms with Gasteiger partial charge < -0.3 is 22.1 Å². The van der Waals surface area contributed by atoms with Crippen molar-refractivity contribution in [3.8, 4) is 11.1 Å². The van der Waals surface area contributed by atoms with E-state index in [-0.39, 0.29) is 17.8 Å². The molecule has 0 saturated carbocycles. The van der Waals surface area contributed by atoms with E-state index in [2.05, 4.69) is 19.9 Å². The number of hydrogen-bond acceptors (Lipinski definition) is 7. The van der Waals surface area contributed by atoms with Gasteiger partial charge in [-0.25, -0.2) is 9.97 Å². The summed E-state index contributed by atoms with van der Waals surface area (Å²) >= 11 is 0. The molecule has 3 heterocycles. The van der Waals surface area contributed by atoms with E-state index in [0.29, 0.717) is 18.2 Å². The molecular weight excluding hydrogens is 306 g/mol. The topological polar surface area (TPSA) is 137 Å². The number of pyridine rings is 1. The lowest BCUT2D eigenvalue weighted by atomic mass is 9.96. The Labute approximate surface area is 140 Å². The first-order valence-corrected chi connectivity index (χ1v) is 7.86. The molecule has 1 atom stereocenters. The zero-order valence-corrected chi connectivity index (χ0v) is 13.6. The van der Waals surface area contributed by atoms with E-state index < -0.39 is 0 Å². The molecule has 1 unspecified atom stereocenters. The summed E-state index contributed by atoms with van der Waals surface area (Å²) in [6.45, 7) is 3.19. The normalized spacial score (nSPS) is 17.7. The fourth-order valence-corrected chi connectivity index (χ4v) is 3.10. The van der Waals surface area contributed by atoms with Gasteiger partial charge in [-0.3, -0.25) is 4.79 Å². The third-order valence-corrected chi connectivity index (χ3v) is 4.29. The maximum absolute atomic E-state index is 11.6. The molecule has 1 aliphatic heterocycles. The van der Waals surface area contributed by atoms with E-state index in [1.807, 2.05) is 13.0 Å². The second kappa shape index (κ2) is 6.31. The number of hydrogen-bond donors (Lipinski definition) is 3. The van der Waals surface area contributed by atoms with Crippen molar-refractivity contribution in [1.29, 1.82) is 0 Å². The lowest BCUT2D eigenvalue weighted by molar-refractivity contribution is -0.122. The van der Waals surface area contributed by atoms with Crippen molar-refractivity contribution in [2.45, 2.75) is 19.8 Å². The number of nitrogens with two attached hydrogens (primary N) is 3. The Morgan fingerprint density at radius 1 is 1.29 bits per heavy atom. The smallest absolute Gasteiger partial charge is 0.222 e. The van der Waals surface area contributed by atoms with Crippen LogP contribution < -0.4 is 22.1 Å². The van der Waals surface area contributed by atoms with Crippen LogP contribution in [0.3, 0.4) is 0 Å². The summed E-state index contributed by atoms with van der Waals surface area (Å²) in [4.78, 5) is 26.5. The Morgan fingerprint density at radius 3 is 2.75 bits per heavy atom. The highest BCUT2D eigenvalue weighted by Gasteiger charge is 2.27. The molecular formula is C16H21N7O. The van der Waals surface area contributed by atoms with Crippen LogP contribution in [0.4, 0.5) is 17.6 Å². The molecule has 3 rings (SSSR count). The van der Waals surface area contributed by atoms with Gasteiger partial charge >= 0.3 is 0 Å². The first-order valence-electron chi connectivity index (χ1n) is 7.86. The number of aryl methyl sites for hydroxylation is 1. The van der Waals surface area contributed by atoms with Crippen molar-refractivity contribution in [2.24, 2.45) is 11.7 Å². The molecule has 1 amide bonds. The largest absolute Gasteiger partial charge is 0.384 e. The summed E-state index contributed by atoms with van der Waals surface area (Å²) in [6, 6.07) is 3.61. The average molecular weight is 327 g/mol. The number of piperidine rings is 1. The molecule has 6 N–H and O–H groups in total. The predicted octanol–water partition coefficient (Wildman–Crippen LogP) is 0.713. The van der Waals surface area contributed by atoms with Crippen molar-refractivity contribution in [3.63, 3.8) is 0 Å². The predicted molar refractivity (Wildman–Crippen MR) is 93.0 cm³/mol. The van der Waals surface area contributed by atoms with E-state index in [4.69, 9.17) is 17.2 Å². The second-order valence-electron chi connectivity index (χ2n) is 6.03. The molecule has 2 aromatic rings. The summed E-state index contributed by atoms with van der Waals surface area (Å²) in [5.41, 5.74) is 19.5. The number of aromatic nitrogens is 3. The Bertz CT molecular complexity index is 760. The van der Waals surface area contributed by atoms with E-state index >= 15 is 0 Å². The van der Waals surface area contributed by atoms with E-state index in [1.54, 1.807) is 12.3 Å². The van der Waals surface area contributed by atoms with Crippen LogP contribution in [0.5, 0.6) is 0 Å². The Hall–Kier alpha value is -2.90. The van der Waals surface area contributed by atoms with Crippen LogP contribution in [0, 0.1) is 12.8 Å². The van der Waals surface area contributed by atoms with Gasteiger partial charge in [-0.05, 0) is 31.9 Å². The van der Waals surface area contributed by atoms with Crippen LogP contribution in [-0.4, -0.2) is 33.9 Å². The molecule has 8 nitrogen and oxygen atoms in total. The van der Waals surface area contributed by atoms with Gasteiger partial charge in [0.05, 0.1) is 11.6 Å².